The molecule has 1 heterocycles. The molecule has 25 heavy (non-hydrogen) atoms. The molecule has 0 bridgehead atoms. The van der Waals surface area contributed by atoms with Gasteiger partial charge in [0.1, 0.15) is 5.69 Å². The molecule has 3 aromatic rings. The number of nitrogens with one attached hydrogen (secondary N) is 3. The Hall–Kier alpha value is -2.70. The van der Waals surface area contributed by atoms with Crippen molar-refractivity contribution in [2.75, 3.05) is 5.32 Å². The molecular weight excluding hydrogens is 365 g/mol. The molecule has 0 aliphatic carbocycles. The Kier molecular flexibility index (Phi) is 4.83. The molecule has 3 rings (SSSR count). The number of aromatic amines is 1. The number of H-pyrrole nitrogens is 1. The zero-order chi connectivity index (χ0) is 18.0. The van der Waals surface area contributed by atoms with Gasteiger partial charge in [-0.3, -0.25) is 0 Å². The molecule has 0 saturated carbocycles. The standard InChI is InChI=1S/C17H13Cl2N3O3/c18-9-6-12(19)14-11(15(16(23)24)22-13(14)7-9)8-20-17(25)21-10-4-2-1-3-5-10/h1-7,22H,8H2,(H,23,24)(H2,20,21,25). The van der Waals surface area contributed by atoms with Crippen molar-refractivity contribution in [2.45, 2.75) is 6.54 Å². The van der Waals surface area contributed by atoms with E-state index in [1.807, 2.05) is 6.07 Å². The second kappa shape index (κ2) is 7.04. The second-order valence-electron chi connectivity index (χ2n) is 5.27. The number of aromatic carboxylic acids is 1. The lowest BCUT2D eigenvalue weighted by Crippen LogP contribution is -2.28. The van der Waals surface area contributed by atoms with Crippen LogP contribution in [0.5, 0.6) is 0 Å². The van der Waals surface area contributed by atoms with Gasteiger partial charge in [-0.25, -0.2) is 9.59 Å². The summed E-state index contributed by atoms with van der Waals surface area (Å²) >= 11 is 12.2. The van der Waals surface area contributed by atoms with E-state index in [2.05, 4.69) is 15.6 Å². The lowest BCUT2D eigenvalue weighted by atomic mass is 10.1. The van der Waals surface area contributed by atoms with Crippen LogP contribution >= 0.6 is 23.2 Å². The van der Waals surface area contributed by atoms with Gasteiger partial charge >= 0.3 is 12.0 Å². The minimum atomic E-state index is -1.15. The van der Waals surface area contributed by atoms with E-state index in [0.29, 0.717) is 32.2 Å². The molecule has 6 nitrogen and oxygen atoms in total. The fraction of sp³-hybridized carbons (Fsp3) is 0.0588. The molecule has 128 valence electrons. The number of halogens is 2. The highest BCUT2D eigenvalue weighted by atomic mass is 35.5. The third kappa shape index (κ3) is 3.70. The number of carbonyl (C=O) groups excluding carboxylic acids is 1. The Morgan fingerprint density at radius 2 is 1.84 bits per heavy atom. The lowest BCUT2D eigenvalue weighted by molar-refractivity contribution is 0.0690. The van der Waals surface area contributed by atoms with Crippen molar-refractivity contribution in [3.8, 4) is 0 Å². The molecular formula is C17H13Cl2N3O3. The minimum Gasteiger partial charge on any atom is -0.477 e. The first-order valence-electron chi connectivity index (χ1n) is 7.28. The van der Waals surface area contributed by atoms with E-state index in [1.54, 1.807) is 30.3 Å². The monoisotopic (exact) mass is 377 g/mol. The lowest BCUT2D eigenvalue weighted by Gasteiger charge is -2.08. The number of carboxylic acid groups (broad SMARTS) is 1. The summed E-state index contributed by atoms with van der Waals surface area (Å²) in [4.78, 5) is 26.3. The molecule has 4 N–H and O–H groups in total. The Bertz CT molecular complexity index is 955. The van der Waals surface area contributed by atoms with Crippen molar-refractivity contribution in [1.29, 1.82) is 0 Å². The predicted octanol–water partition coefficient (Wildman–Crippen LogP) is 4.49. The molecule has 0 aliphatic heterocycles. The number of rotatable bonds is 4. The van der Waals surface area contributed by atoms with Crippen LogP contribution in [0.25, 0.3) is 10.9 Å². The smallest absolute Gasteiger partial charge is 0.352 e. The van der Waals surface area contributed by atoms with E-state index in [1.165, 1.54) is 6.07 Å². The highest BCUT2D eigenvalue weighted by Gasteiger charge is 2.20. The molecule has 0 fully saturated rings. The molecule has 2 aromatic carbocycles. The van der Waals surface area contributed by atoms with Crippen LogP contribution in [0.1, 0.15) is 16.1 Å². The van der Waals surface area contributed by atoms with E-state index >= 15 is 0 Å². The van der Waals surface area contributed by atoms with Crippen molar-refractivity contribution in [3.05, 3.63) is 63.8 Å². The quantitative estimate of drug-likeness (QED) is 0.539. The summed E-state index contributed by atoms with van der Waals surface area (Å²) in [5.41, 5.74) is 1.46. The maximum absolute atomic E-state index is 12.0. The van der Waals surface area contributed by atoms with Crippen LogP contribution in [0.15, 0.2) is 42.5 Å². The van der Waals surface area contributed by atoms with E-state index in [-0.39, 0.29) is 12.2 Å². The summed E-state index contributed by atoms with van der Waals surface area (Å²) in [5.74, 6) is -1.15. The van der Waals surface area contributed by atoms with Crippen molar-refractivity contribution < 1.29 is 14.7 Å². The minimum absolute atomic E-state index is 0.0122. The van der Waals surface area contributed by atoms with Gasteiger partial charge in [0, 0.05) is 33.7 Å². The van der Waals surface area contributed by atoms with Crippen LogP contribution < -0.4 is 10.6 Å². The van der Waals surface area contributed by atoms with Gasteiger partial charge in [0.25, 0.3) is 0 Å². The highest BCUT2D eigenvalue weighted by Crippen LogP contribution is 2.32. The van der Waals surface area contributed by atoms with Gasteiger partial charge < -0.3 is 20.7 Å². The molecule has 0 atom stereocenters. The highest BCUT2D eigenvalue weighted by molar-refractivity contribution is 6.39. The number of carbonyl (C=O) groups is 2. The van der Waals surface area contributed by atoms with Crippen molar-refractivity contribution in [3.63, 3.8) is 0 Å². The zero-order valence-corrected chi connectivity index (χ0v) is 14.3. The Labute approximate surface area is 152 Å². The first kappa shape index (κ1) is 17.1. The van der Waals surface area contributed by atoms with Gasteiger partial charge in [-0.15, -0.1) is 0 Å². The van der Waals surface area contributed by atoms with Crippen molar-refractivity contribution in [1.82, 2.24) is 10.3 Å². The SMILES string of the molecule is O=C(NCc1c(C(=O)O)[nH]c2cc(Cl)cc(Cl)c12)Nc1ccccc1. The molecule has 8 heteroatoms. The van der Waals surface area contributed by atoms with Gasteiger partial charge in [-0.2, -0.15) is 0 Å². The van der Waals surface area contributed by atoms with Gasteiger partial charge in [-0.1, -0.05) is 41.4 Å². The number of fused-ring (bicyclic) bond motifs is 1. The van der Waals surface area contributed by atoms with Crippen molar-refractivity contribution >= 4 is 51.8 Å². The largest absolute Gasteiger partial charge is 0.477 e. The maximum atomic E-state index is 12.0. The van der Waals surface area contributed by atoms with Crippen LogP contribution in [-0.4, -0.2) is 22.1 Å². The molecule has 0 unspecified atom stereocenters. The first-order valence-corrected chi connectivity index (χ1v) is 8.04. The molecule has 1 aromatic heterocycles. The normalized spacial score (nSPS) is 10.6. The van der Waals surface area contributed by atoms with Crippen LogP contribution in [-0.2, 0) is 6.54 Å². The summed E-state index contributed by atoms with van der Waals surface area (Å²) in [6.07, 6.45) is 0. The van der Waals surface area contributed by atoms with Gasteiger partial charge in [0.2, 0.25) is 0 Å². The molecule has 0 radical (unpaired) electrons. The number of anilines is 1. The predicted molar refractivity (Wildman–Crippen MR) is 97.6 cm³/mol. The maximum Gasteiger partial charge on any atom is 0.352 e. The molecule has 0 spiro atoms. The third-order valence-corrected chi connectivity index (χ3v) is 4.11. The summed E-state index contributed by atoms with van der Waals surface area (Å²) in [6.45, 7) is -0.0122. The second-order valence-corrected chi connectivity index (χ2v) is 6.11. The van der Waals surface area contributed by atoms with E-state index in [4.69, 9.17) is 23.2 Å². The number of amides is 2. The average Bonchev–Trinajstić information content (AvgIpc) is 2.93. The average molecular weight is 378 g/mol. The summed E-state index contributed by atoms with van der Waals surface area (Å²) in [7, 11) is 0. The van der Waals surface area contributed by atoms with Gasteiger partial charge in [0.05, 0.1) is 5.02 Å². The van der Waals surface area contributed by atoms with Crippen LogP contribution in [0.4, 0.5) is 10.5 Å². The van der Waals surface area contributed by atoms with E-state index in [0.717, 1.165) is 0 Å². The number of carboxylic acids is 1. The van der Waals surface area contributed by atoms with Crippen molar-refractivity contribution in [2.24, 2.45) is 0 Å². The van der Waals surface area contributed by atoms with Gasteiger partial charge in [-0.05, 0) is 24.3 Å². The Morgan fingerprint density at radius 3 is 2.52 bits per heavy atom. The third-order valence-electron chi connectivity index (χ3n) is 3.59. The van der Waals surface area contributed by atoms with E-state index in [9.17, 15) is 14.7 Å². The Balaban J connectivity index is 1.86. The number of aromatic nitrogens is 1. The molecule has 0 aliphatic rings. The topological polar surface area (TPSA) is 94.2 Å². The van der Waals surface area contributed by atoms with Crippen LogP contribution in [0, 0.1) is 0 Å². The Morgan fingerprint density at radius 1 is 1.12 bits per heavy atom. The fourth-order valence-electron chi connectivity index (χ4n) is 2.54. The summed E-state index contributed by atoms with van der Waals surface area (Å²) < 4.78 is 0. The summed E-state index contributed by atoms with van der Waals surface area (Å²) in [5, 5.41) is 15.9. The number of para-hydroxylation sites is 1. The van der Waals surface area contributed by atoms with Gasteiger partial charge in [0.15, 0.2) is 0 Å². The zero-order valence-electron chi connectivity index (χ0n) is 12.8. The number of benzene rings is 2. The number of urea groups is 1. The molecule has 2 amide bonds. The first-order chi connectivity index (χ1) is 12.0. The molecule has 0 saturated heterocycles. The summed E-state index contributed by atoms with van der Waals surface area (Å²) in [6, 6.07) is 11.6. The number of hydrogen-bond donors (Lipinski definition) is 4. The van der Waals surface area contributed by atoms with Crippen LogP contribution in [0.3, 0.4) is 0 Å². The van der Waals surface area contributed by atoms with Crippen LogP contribution in [0.2, 0.25) is 10.0 Å². The van der Waals surface area contributed by atoms with E-state index < -0.39 is 12.0 Å². The number of hydrogen-bond acceptors (Lipinski definition) is 2. The fourth-order valence-corrected chi connectivity index (χ4v) is 3.15.